The highest BCUT2D eigenvalue weighted by Crippen LogP contribution is 2.25. The van der Waals surface area contributed by atoms with Gasteiger partial charge in [-0.15, -0.1) is 0 Å². The average molecular weight is 363 g/mol. The van der Waals surface area contributed by atoms with Crippen molar-refractivity contribution < 1.29 is 9.59 Å². The Kier molecular flexibility index (Phi) is 6.00. The molecular formula is C20H27ClN2O2. The lowest BCUT2D eigenvalue weighted by Crippen LogP contribution is -2.47. The molecule has 1 N–H and O–H groups in total. The van der Waals surface area contributed by atoms with E-state index >= 15 is 0 Å². The van der Waals surface area contributed by atoms with Gasteiger partial charge in [-0.3, -0.25) is 9.59 Å². The van der Waals surface area contributed by atoms with E-state index in [4.69, 9.17) is 11.6 Å². The summed E-state index contributed by atoms with van der Waals surface area (Å²) in [5, 5.41) is 3.89. The van der Waals surface area contributed by atoms with Crippen LogP contribution in [0, 0.1) is 11.8 Å². The number of rotatable bonds is 3. The lowest BCUT2D eigenvalue weighted by Gasteiger charge is -2.34. The fourth-order valence-electron chi connectivity index (χ4n) is 3.95. The molecule has 0 aromatic heterocycles. The van der Waals surface area contributed by atoms with Gasteiger partial charge < -0.3 is 10.2 Å². The van der Waals surface area contributed by atoms with Crippen molar-refractivity contribution in [2.45, 2.75) is 51.5 Å². The summed E-state index contributed by atoms with van der Waals surface area (Å²) in [6.45, 7) is 3.51. The maximum atomic E-state index is 12.6. The first kappa shape index (κ1) is 18.2. The Labute approximate surface area is 154 Å². The van der Waals surface area contributed by atoms with E-state index in [1.807, 2.05) is 4.90 Å². The molecule has 1 aromatic carbocycles. The second kappa shape index (κ2) is 8.22. The van der Waals surface area contributed by atoms with Crippen LogP contribution in [0.3, 0.4) is 0 Å². The molecule has 3 rings (SSSR count). The lowest BCUT2D eigenvalue weighted by atomic mass is 9.85. The van der Waals surface area contributed by atoms with Gasteiger partial charge >= 0.3 is 0 Å². The Morgan fingerprint density at radius 3 is 2.32 bits per heavy atom. The van der Waals surface area contributed by atoms with Gasteiger partial charge in [0.2, 0.25) is 5.91 Å². The molecule has 1 heterocycles. The number of likely N-dealkylation sites (tertiary alicyclic amines) is 1. The maximum Gasteiger partial charge on any atom is 0.253 e. The quantitative estimate of drug-likeness (QED) is 0.886. The molecule has 136 valence electrons. The molecule has 2 fully saturated rings. The molecule has 1 aliphatic heterocycles. The van der Waals surface area contributed by atoms with Crippen molar-refractivity contribution in [1.82, 2.24) is 10.2 Å². The van der Waals surface area contributed by atoms with Crippen LogP contribution >= 0.6 is 11.6 Å². The van der Waals surface area contributed by atoms with Gasteiger partial charge in [-0.25, -0.2) is 0 Å². The topological polar surface area (TPSA) is 49.4 Å². The van der Waals surface area contributed by atoms with Crippen molar-refractivity contribution >= 4 is 23.4 Å². The molecule has 0 radical (unpaired) electrons. The van der Waals surface area contributed by atoms with E-state index in [9.17, 15) is 9.59 Å². The standard InChI is InChI=1S/C20H27ClN2O2/c1-14-4-2-3-5-18(14)22-19(24)15-10-12-23(13-11-15)20(25)16-6-8-17(21)9-7-16/h6-9,14-15,18H,2-5,10-13H2,1H3,(H,22,24)/t14-,18+/m1/s1. The van der Waals surface area contributed by atoms with Crippen molar-refractivity contribution in [2.24, 2.45) is 11.8 Å². The summed E-state index contributed by atoms with van der Waals surface area (Å²) in [4.78, 5) is 26.9. The maximum absolute atomic E-state index is 12.6. The molecule has 0 bridgehead atoms. The first-order valence-electron chi connectivity index (χ1n) is 9.40. The normalized spacial score (nSPS) is 24.8. The number of hydrogen-bond donors (Lipinski definition) is 1. The van der Waals surface area contributed by atoms with Gasteiger partial charge in [-0.1, -0.05) is 31.4 Å². The Morgan fingerprint density at radius 1 is 1.04 bits per heavy atom. The largest absolute Gasteiger partial charge is 0.353 e. The molecule has 5 heteroatoms. The van der Waals surface area contributed by atoms with Gasteiger partial charge in [0.05, 0.1) is 0 Å². The van der Waals surface area contributed by atoms with E-state index in [2.05, 4.69) is 12.2 Å². The Balaban J connectivity index is 1.50. The van der Waals surface area contributed by atoms with Crippen LogP contribution < -0.4 is 5.32 Å². The molecule has 1 aromatic rings. The van der Waals surface area contributed by atoms with Crippen LogP contribution in [-0.2, 0) is 4.79 Å². The molecule has 1 saturated heterocycles. The zero-order valence-electron chi connectivity index (χ0n) is 14.8. The molecule has 25 heavy (non-hydrogen) atoms. The van der Waals surface area contributed by atoms with Crippen molar-refractivity contribution in [3.63, 3.8) is 0 Å². The third-order valence-corrected chi connectivity index (χ3v) is 5.94. The first-order chi connectivity index (χ1) is 12.0. The van der Waals surface area contributed by atoms with E-state index in [1.54, 1.807) is 24.3 Å². The molecule has 2 aliphatic rings. The number of halogens is 1. The third kappa shape index (κ3) is 4.55. The van der Waals surface area contributed by atoms with Gasteiger partial charge in [0.15, 0.2) is 0 Å². The number of carbonyl (C=O) groups is 2. The van der Waals surface area contributed by atoms with Gasteiger partial charge in [0.1, 0.15) is 0 Å². The smallest absolute Gasteiger partial charge is 0.253 e. The van der Waals surface area contributed by atoms with Crippen molar-refractivity contribution in [3.8, 4) is 0 Å². The minimum Gasteiger partial charge on any atom is -0.353 e. The number of amides is 2. The summed E-state index contributed by atoms with van der Waals surface area (Å²) < 4.78 is 0. The Morgan fingerprint density at radius 2 is 1.68 bits per heavy atom. The van der Waals surface area contributed by atoms with E-state index in [1.165, 1.54) is 19.3 Å². The van der Waals surface area contributed by atoms with Crippen molar-refractivity contribution in [1.29, 1.82) is 0 Å². The Hall–Kier alpha value is -1.55. The molecule has 0 unspecified atom stereocenters. The number of nitrogens with one attached hydrogen (secondary N) is 1. The van der Waals surface area contributed by atoms with Gasteiger partial charge in [0, 0.05) is 35.6 Å². The fourth-order valence-corrected chi connectivity index (χ4v) is 4.08. The van der Waals surface area contributed by atoms with Gasteiger partial charge in [-0.05, 0) is 55.9 Å². The zero-order chi connectivity index (χ0) is 17.8. The second-order valence-corrected chi connectivity index (χ2v) is 7.89. The highest BCUT2D eigenvalue weighted by Gasteiger charge is 2.30. The van der Waals surface area contributed by atoms with E-state index in [-0.39, 0.29) is 17.7 Å². The van der Waals surface area contributed by atoms with Crippen LogP contribution in [0.2, 0.25) is 5.02 Å². The van der Waals surface area contributed by atoms with E-state index < -0.39 is 0 Å². The number of nitrogens with zero attached hydrogens (tertiary/aromatic N) is 1. The van der Waals surface area contributed by atoms with Crippen molar-refractivity contribution in [2.75, 3.05) is 13.1 Å². The minimum absolute atomic E-state index is 0.0245. The van der Waals surface area contributed by atoms with E-state index in [0.29, 0.717) is 35.6 Å². The summed E-state index contributed by atoms with van der Waals surface area (Å²) >= 11 is 5.88. The predicted octanol–water partition coefficient (Wildman–Crippen LogP) is 3.89. The lowest BCUT2D eigenvalue weighted by molar-refractivity contribution is -0.127. The predicted molar refractivity (Wildman–Crippen MR) is 99.6 cm³/mol. The molecule has 2 amide bonds. The highest BCUT2D eigenvalue weighted by atomic mass is 35.5. The SMILES string of the molecule is C[C@@H]1CCCC[C@@H]1NC(=O)C1CCN(C(=O)c2ccc(Cl)cc2)CC1. The summed E-state index contributed by atoms with van der Waals surface area (Å²) in [7, 11) is 0. The molecule has 4 nitrogen and oxygen atoms in total. The molecule has 1 aliphatic carbocycles. The van der Waals surface area contributed by atoms with Crippen LogP contribution in [-0.4, -0.2) is 35.8 Å². The summed E-state index contributed by atoms with van der Waals surface area (Å²) in [5.74, 6) is 0.807. The molecule has 0 spiro atoms. The number of hydrogen-bond acceptors (Lipinski definition) is 2. The first-order valence-corrected chi connectivity index (χ1v) is 9.77. The highest BCUT2D eigenvalue weighted by molar-refractivity contribution is 6.30. The average Bonchev–Trinajstić information content (AvgIpc) is 2.64. The van der Waals surface area contributed by atoms with Crippen LogP contribution in [0.15, 0.2) is 24.3 Å². The Bertz CT molecular complexity index is 609. The number of piperidine rings is 1. The van der Waals surface area contributed by atoms with Crippen LogP contribution in [0.25, 0.3) is 0 Å². The second-order valence-electron chi connectivity index (χ2n) is 7.45. The molecule has 2 atom stereocenters. The van der Waals surface area contributed by atoms with Crippen LogP contribution in [0.1, 0.15) is 55.8 Å². The van der Waals surface area contributed by atoms with Crippen molar-refractivity contribution in [3.05, 3.63) is 34.9 Å². The van der Waals surface area contributed by atoms with E-state index in [0.717, 1.165) is 19.3 Å². The molecule has 1 saturated carbocycles. The monoisotopic (exact) mass is 362 g/mol. The number of carbonyl (C=O) groups excluding carboxylic acids is 2. The summed E-state index contributed by atoms with van der Waals surface area (Å²) in [6, 6.07) is 7.32. The molecular weight excluding hydrogens is 336 g/mol. The number of benzene rings is 1. The fraction of sp³-hybridized carbons (Fsp3) is 0.600. The summed E-state index contributed by atoms with van der Waals surface area (Å²) in [6.07, 6.45) is 6.28. The summed E-state index contributed by atoms with van der Waals surface area (Å²) in [5.41, 5.74) is 0.656. The van der Waals surface area contributed by atoms with Crippen LogP contribution in [0.4, 0.5) is 0 Å². The van der Waals surface area contributed by atoms with Gasteiger partial charge in [0.25, 0.3) is 5.91 Å². The van der Waals surface area contributed by atoms with Gasteiger partial charge in [-0.2, -0.15) is 0 Å². The minimum atomic E-state index is 0.0245. The third-order valence-electron chi connectivity index (χ3n) is 5.68. The van der Waals surface area contributed by atoms with Crippen LogP contribution in [0.5, 0.6) is 0 Å². The zero-order valence-corrected chi connectivity index (χ0v) is 15.6.